The molecule has 1 unspecified atom stereocenters. The van der Waals surface area contributed by atoms with Gasteiger partial charge >= 0.3 is 0 Å². The summed E-state index contributed by atoms with van der Waals surface area (Å²) in [5, 5.41) is 9.26. The molecule has 1 aromatic heterocycles. The van der Waals surface area contributed by atoms with Gasteiger partial charge in [0.2, 0.25) is 0 Å². The quantitative estimate of drug-likeness (QED) is 0.635. The van der Waals surface area contributed by atoms with Gasteiger partial charge in [0.15, 0.2) is 6.29 Å². The molecule has 1 N–H and O–H groups in total. The van der Waals surface area contributed by atoms with Crippen LogP contribution >= 0.6 is 11.6 Å². The summed E-state index contributed by atoms with van der Waals surface area (Å²) in [5.74, 6) is 1.01. The number of carbonyl (C=O) groups is 1. The van der Waals surface area contributed by atoms with E-state index >= 15 is 0 Å². The van der Waals surface area contributed by atoms with E-state index in [-0.39, 0.29) is 23.4 Å². The molecule has 1 aliphatic rings. The van der Waals surface area contributed by atoms with E-state index in [2.05, 4.69) is 9.97 Å². The van der Waals surface area contributed by atoms with Crippen molar-refractivity contribution in [3.63, 3.8) is 0 Å². The Balaban J connectivity index is 2.34. The van der Waals surface area contributed by atoms with Gasteiger partial charge in [0, 0.05) is 13.1 Å². The van der Waals surface area contributed by atoms with Crippen molar-refractivity contribution in [2.45, 2.75) is 13.0 Å². The average molecular weight is 272 g/mol. The van der Waals surface area contributed by atoms with Crippen LogP contribution in [0.2, 0.25) is 5.15 Å². The van der Waals surface area contributed by atoms with Crippen molar-refractivity contribution in [2.75, 3.05) is 31.2 Å². The second kappa shape index (κ2) is 5.60. The van der Waals surface area contributed by atoms with E-state index in [1.807, 2.05) is 4.90 Å². The largest absolute Gasteiger partial charge is 0.394 e. The minimum Gasteiger partial charge on any atom is -0.394 e. The molecule has 0 bridgehead atoms. The van der Waals surface area contributed by atoms with E-state index in [1.165, 1.54) is 0 Å². The Labute approximate surface area is 110 Å². The first-order valence-electron chi connectivity index (χ1n) is 5.62. The minimum absolute atomic E-state index is 0.0648. The lowest BCUT2D eigenvalue weighted by Gasteiger charge is -2.33. The lowest BCUT2D eigenvalue weighted by Crippen LogP contribution is -2.45. The number of aryl methyl sites for hydroxylation is 1. The smallest absolute Gasteiger partial charge is 0.156 e. The minimum atomic E-state index is -0.271. The number of nitrogens with zero attached hydrogens (tertiary/aromatic N) is 3. The number of ether oxygens (including phenoxy) is 1. The van der Waals surface area contributed by atoms with Gasteiger partial charge in [-0.1, -0.05) is 11.6 Å². The van der Waals surface area contributed by atoms with Crippen LogP contribution in [0.1, 0.15) is 16.2 Å². The lowest BCUT2D eigenvalue weighted by atomic mass is 10.2. The molecule has 18 heavy (non-hydrogen) atoms. The van der Waals surface area contributed by atoms with Gasteiger partial charge in [-0.05, 0) is 6.92 Å². The number of aromatic nitrogens is 2. The molecular weight excluding hydrogens is 258 g/mol. The number of aliphatic hydroxyl groups is 1. The molecule has 0 amide bonds. The zero-order valence-corrected chi connectivity index (χ0v) is 10.7. The zero-order valence-electron chi connectivity index (χ0n) is 9.97. The van der Waals surface area contributed by atoms with Crippen LogP contribution in [0.15, 0.2) is 0 Å². The maximum atomic E-state index is 11.1. The van der Waals surface area contributed by atoms with Crippen LogP contribution in [0.5, 0.6) is 0 Å². The maximum Gasteiger partial charge on any atom is 0.156 e. The summed E-state index contributed by atoms with van der Waals surface area (Å²) in [7, 11) is 0. The van der Waals surface area contributed by atoms with Crippen molar-refractivity contribution < 1.29 is 14.6 Å². The molecule has 7 heteroatoms. The predicted octanol–water partition coefficient (Wildman–Crippen LogP) is 0.448. The summed E-state index contributed by atoms with van der Waals surface area (Å²) in [6.45, 7) is 3.21. The molecule has 98 valence electrons. The Kier molecular flexibility index (Phi) is 4.11. The molecule has 2 rings (SSSR count). The highest BCUT2D eigenvalue weighted by Gasteiger charge is 2.24. The fraction of sp³-hybridized carbons (Fsp3) is 0.545. The van der Waals surface area contributed by atoms with E-state index in [0.717, 1.165) is 0 Å². The van der Waals surface area contributed by atoms with Crippen molar-refractivity contribution in [2.24, 2.45) is 0 Å². The SMILES string of the molecule is Cc1nc(Cl)c(C=O)c(N2CCOC(CO)C2)n1. The van der Waals surface area contributed by atoms with Crippen LogP contribution in [0, 0.1) is 6.92 Å². The molecule has 0 saturated carbocycles. The molecule has 1 atom stereocenters. The first-order valence-corrected chi connectivity index (χ1v) is 6.00. The Morgan fingerprint density at radius 1 is 1.61 bits per heavy atom. The second-order valence-corrected chi connectivity index (χ2v) is 4.40. The third kappa shape index (κ3) is 2.60. The van der Waals surface area contributed by atoms with Crippen molar-refractivity contribution >= 4 is 23.7 Å². The average Bonchev–Trinajstić information content (AvgIpc) is 2.38. The normalized spacial score (nSPS) is 19.9. The molecule has 0 spiro atoms. The van der Waals surface area contributed by atoms with E-state index in [4.69, 9.17) is 21.4 Å². The van der Waals surface area contributed by atoms with E-state index in [0.29, 0.717) is 37.6 Å². The number of aldehydes is 1. The third-order valence-electron chi connectivity index (χ3n) is 2.75. The van der Waals surface area contributed by atoms with Crippen LogP contribution in [0.25, 0.3) is 0 Å². The number of aliphatic hydroxyl groups excluding tert-OH is 1. The number of halogens is 1. The fourth-order valence-electron chi connectivity index (χ4n) is 1.90. The Morgan fingerprint density at radius 2 is 2.39 bits per heavy atom. The van der Waals surface area contributed by atoms with Crippen LogP contribution < -0.4 is 4.90 Å². The van der Waals surface area contributed by atoms with Crippen molar-refractivity contribution in [3.8, 4) is 0 Å². The Morgan fingerprint density at radius 3 is 3.06 bits per heavy atom. The zero-order chi connectivity index (χ0) is 13.1. The monoisotopic (exact) mass is 271 g/mol. The number of hydrogen-bond acceptors (Lipinski definition) is 6. The summed E-state index contributed by atoms with van der Waals surface area (Å²) in [6.07, 6.45) is 0.382. The lowest BCUT2D eigenvalue weighted by molar-refractivity contribution is 0.00332. The first kappa shape index (κ1) is 13.2. The maximum absolute atomic E-state index is 11.1. The molecule has 0 aliphatic carbocycles. The summed E-state index contributed by atoms with van der Waals surface area (Å²) in [6, 6.07) is 0. The molecule has 6 nitrogen and oxygen atoms in total. The van der Waals surface area contributed by atoms with Crippen molar-refractivity contribution in [3.05, 3.63) is 16.5 Å². The van der Waals surface area contributed by atoms with Gasteiger partial charge in [-0.2, -0.15) is 0 Å². The number of morpholine rings is 1. The van der Waals surface area contributed by atoms with Crippen LogP contribution in [-0.2, 0) is 4.74 Å². The molecule has 0 radical (unpaired) electrons. The van der Waals surface area contributed by atoms with Gasteiger partial charge in [0.1, 0.15) is 16.8 Å². The highest BCUT2D eigenvalue weighted by Crippen LogP contribution is 2.24. The summed E-state index contributed by atoms with van der Waals surface area (Å²) in [5.41, 5.74) is 0.279. The summed E-state index contributed by atoms with van der Waals surface area (Å²) >= 11 is 5.93. The molecule has 1 aliphatic heterocycles. The molecular formula is C11H14ClN3O3. The molecule has 1 aromatic rings. The van der Waals surface area contributed by atoms with E-state index in [9.17, 15) is 4.79 Å². The first-order chi connectivity index (χ1) is 8.65. The molecule has 1 saturated heterocycles. The van der Waals surface area contributed by atoms with Gasteiger partial charge < -0.3 is 14.7 Å². The topological polar surface area (TPSA) is 75.6 Å². The van der Waals surface area contributed by atoms with Crippen LogP contribution in [0.3, 0.4) is 0 Å². The standard InChI is InChI=1S/C11H14ClN3O3/c1-7-13-10(12)9(6-17)11(14-7)15-2-3-18-8(4-15)5-16/h6,8,16H,2-5H2,1H3. The highest BCUT2D eigenvalue weighted by atomic mass is 35.5. The summed E-state index contributed by atoms with van der Waals surface area (Å²) < 4.78 is 5.36. The van der Waals surface area contributed by atoms with Crippen molar-refractivity contribution in [1.29, 1.82) is 0 Å². The second-order valence-electron chi connectivity index (χ2n) is 4.04. The molecule has 1 fully saturated rings. The van der Waals surface area contributed by atoms with E-state index in [1.54, 1.807) is 6.92 Å². The Hall–Kier alpha value is -1.24. The highest BCUT2D eigenvalue weighted by molar-refractivity contribution is 6.32. The van der Waals surface area contributed by atoms with Gasteiger partial charge in [0.25, 0.3) is 0 Å². The number of rotatable bonds is 3. The third-order valence-corrected chi connectivity index (χ3v) is 3.04. The van der Waals surface area contributed by atoms with Gasteiger partial charge in [-0.25, -0.2) is 9.97 Å². The Bertz CT molecular complexity index is 455. The summed E-state index contributed by atoms with van der Waals surface area (Å²) in [4.78, 5) is 21.2. The van der Waals surface area contributed by atoms with Crippen LogP contribution in [-0.4, -0.2) is 53.8 Å². The number of hydrogen-bond donors (Lipinski definition) is 1. The fourth-order valence-corrected chi connectivity index (χ4v) is 2.15. The van der Waals surface area contributed by atoms with Gasteiger partial charge in [-0.15, -0.1) is 0 Å². The van der Waals surface area contributed by atoms with E-state index < -0.39 is 0 Å². The molecule has 0 aromatic carbocycles. The molecule has 2 heterocycles. The van der Waals surface area contributed by atoms with Gasteiger partial charge in [0.05, 0.1) is 24.9 Å². The number of anilines is 1. The van der Waals surface area contributed by atoms with Crippen molar-refractivity contribution in [1.82, 2.24) is 9.97 Å². The van der Waals surface area contributed by atoms with Gasteiger partial charge in [-0.3, -0.25) is 4.79 Å². The number of carbonyl (C=O) groups excluding carboxylic acids is 1. The van der Waals surface area contributed by atoms with Crippen LogP contribution in [0.4, 0.5) is 5.82 Å². The predicted molar refractivity (Wildman–Crippen MR) is 66.2 cm³/mol.